The molecule has 1 aliphatic rings. The van der Waals surface area contributed by atoms with Crippen LogP contribution in [0.2, 0.25) is 0 Å². The third kappa shape index (κ3) is 5.29. The predicted octanol–water partition coefficient (Wildman–Crippen LogP) is 1.36. The van der Waals surface area contributed by atoms with Crippen LogP contribution in [0.15, 0.2) is 52.3 Å². The average Bonchev–Trinajstić information content (AvgIpc) is 3.35. The van der Waals surface area contributed by atoms with Gasteiger partial charge < -0.3 is 10.1 Å². The van der Waals surface area contributed by atoms with Crippen molar-refractivity contribution in [3.8, 4) is 5.75 Å². The molecule has 2 aromatic carbocycles. The molecule has 2 N–H and O–H groups in total. The largest absolute Gasteiger partial charge is 0.495 e. The molecule has 9 nitrogen and oxygen atoms in total. The fourth-order valence-corrected chi connectivity index (χ4v) is 5.90. The van der Waals surface area contributed by atoms with Gasteiger partial charge in [-0.15, -0.1) is 0 Å². The Hall–Kier alpha value is -2.47. The summed E-state index contributed by atoms with van der Waals surface area (Å²) >= 11 is 0. The molecule has 1 amide bonds. The van der Waals surface area contributed by atoms with Crippen molar-refractivity contribution in [2.75, 3.05) is 33.8 Å². The van der Waals surface area contributed by atoms with Crippen molar-refractivity contribution < 1.29 is 26.4 Å². The number of sulfonamides is 2. The molecule has 0 radical (unpaired) electrons. The molecule has 0 bridgehead atoms. The molecule has 174 valence electrons. The smallest absolute Gasteiger partial charge is 0.251 e. The van der Waals surface area contributed by atoms with Crippen LogP contribution in [0.5, 0.6) is 5.75 Å². The van der Waals surface area contributed by atoms with E-state index >= 15 is 0 Å². The summed E-state index contributed by atoms with van der Waals surface area (Å²) < 4.78 is 58.3. The lowest BCUT2D eigenvalue weighted by Gasteiger charge is -2.15. The topological polar surface area (TPSA) is 122 Å². The van der Waals surface area contributed by atoms with Crippen molar-refractivity contribution in [2.24, 2.45) is 0 Å². The van der Waals surface area contributed by atoms with E-state index in [2.05, 4.69) is 10.0 Å². The molecule has 1 saturated heterocycles. The van der Waals surface area contributed by atoms with E-state index in [1.54, 1.807) is 24.3 Å². The number of amides is 1. The third-order valence-corrected chi connectivity index (χ3v) is 8.66. The van der Waals surface area contributed by atoms with Crippen molar-refractivity contribution in [1.82, 2.24) is 14.3 Å². The molecule has 0 saturated carbocycles. The lowest BCUT2D eigenvalue weighted by Crippen LogP contribution is -2.28. The molecule has 1 fully saturated rings. The molecular weight excluding hydrogens is 454 g/mol. The van der Waals surface area contributed by atoms with Gasteiger partial charge in [-0.3, -0.25) is 4.79 Å². The van der Waals surface area contributed by atoms with Gasteiger partial charge in [0.25, 0.3) is 5.91 Å². The zero-order valence-electron chi connectivity index (χ0n) is 18.0. The minimum Gasteiger partial charge on any atom is -0.495 e. The highest BCUT2D eigenvalue weighted by Crippen LogP contribution is 2.25. The Kier molecular flexibility index (Phi) is 7.55. The second-order valence-electron chi connectivity index (χ2n) is 7.33. The monoisotopic (exact) mass is 481 g/mol. The number of rotatable bonds is 9. The van der Waals surface area contributed by atoms with Gasteiger partial charge in [0.15, 0.2) is 0 Å². The summed E-state index contributed by atoms with van der Waals surface area (Å²) in [6.07, 6.45) is 2.26. The molecule has 3 rings (SSSR count). The lowest BCUT2D eigenvalue weighted by atomic mass is 10.1. The zero-order valence-corrected chi connectivity index (χ0v) is 19.6. The summed E-state index contributed by atoms with van der Waals surface area (Å²) in [5.41, 5.74) is 1.06. The van der Waals surface area contributed by atoms with Crippen molar-refractivity contribution in [2.45, 2.75) is 29.1 Å². The average molecular weight is 482 g/mol. The summed E-state index contributed by atoms with van der Waals surface area (Å²) in [7, 11) is -4.61. The van der Waals surface area contributed by atoms with Crippen LogP contribution in [0.4, 0.5) is 0 Å². The Labute approximate surface area is 188 Å². The third-order valence-electron chi connectivity index (χ3n) is 5.31. The summed E-state index contributed by atoms with van der Waals surface area (Å²) in [6.45, 7) is 1.41. The summed E-state index contributed by atoms with van der Waals surface area (Å²) in [4.78, 5) is 12.6. The van der Waals surface area contributed by atoms with Crippen molar-refractivity contribution in [3.63, 3.8) is 0 Å². The maximum atomic E-state index is 12.6. The Morgan fingerprint density at radius 3 is 2.28 bits per heavy atom. The quantitative estimate of drug-likeness (QED) is 0.558. The lowest BCUT2D eigenvalue weighted by molar-refractivity contribution is 0.0954. The molecule has 0 atom stereocenters. The molecule has 32 heavy (non-hydrogen) atoms. The van der Waals surface area contributed by atoms with Gasteiger partial charge in [0, 0.05) is 25.2 Å². The van der Waals surface area contributed by atoms with E-state index in [4.69, 9.17) is 4.74 Å². The van der Waals surface area contributed by atoms with Gasteiger partial charge >= 0.3 is 0 Å². The second kappa shape index (κ2) is 9.99. The molecule has 1 heterocycles. The number of ether oxygens (including phenoxy) is 1. The van der Waals surface area contributed by atoms with Crippen LogP contribution in [0.3, 0.4) is 0 Å². The Morgan fingerprint density at radius 2 is 1.69 bits per heavy atom. The van der Waals surface area contributed by atoms with E-state index in [-0.39, 0.29) is 21.1 Å². The molecular formula is C21H27N3O6S2. The number of nitrogens with zero attached hydrogens (tertiary/aromatic N) is 1. The molecule has 2 aromatic rings. The van der Waals surface area contributed by atoms with Crippen LogP contribution >= 0.6 is 0 Å². The Morgan fingerprint density at radius 1 is 1.03 bits per heavy atom. The minimum absolute atomic E-state index is 0.120. The highest BCUT2D eigenvalue weighted by molar-refractivity contribution is 7.89. The first-order chi connectivity index (χ1) is 15.2. The molecule has 11 heteroatoms. The van der Waals surface area contributed by atoms with E-state index < -0.39 is 26.0 Å². The molecule has 0 spiro atoms. The number of hydrogen-bond acceptors (Lipinski definition) is 6. The first-order valence-electron chi connectivity index (χ1n) is 10.2. The number of nitrogens with one attached hydrogen (secondary N) is 2. The second-order valence-corrected chi connectivity index (χ2v) is 11.1. The van der Waals surface area contributed by atoms with Crippen LogP contribution in [0.25, 0.3) is 0 Å². The Bertz CT molecular complexity index is 1170. The maximum Gasteiger partial charge on any atom is 0.251 e. The summed E-state index contributed by atoms with van der Waals surface area (Å²) in [5, 5.41) is 2.75. The number of carbonyl (C=O) groups is 1. The van der Waals surface area contributed by atoms with E-state index in [1.165, 1.54) is 36.7 Å². The van der Waals surface area contributed by atoms with Gasteiger partial charge in [0.2, 0.25) is 20.0 Å². The van der Waals surface area contributed by atoms with E-state index in [1.807, 2.05) is 0 Å². The van der Waals surface area contributed by atoms with Gasteiger partial charge in [0.05, 0.1) is 12.0 Å². The SMILES string of the molecule is CNS(=O)(=O)c1cc(C(=O)NCCc2ccc(S(=O)(=O)N3CCCC3)cc2)ccc1OC. The highest BCUT2D eigenvalue weighted by Gasteiger charge is 2.27. The van der Waals surface area contributed by atoms with Gasteiger partial charge in [0.1, 0.15) is 10.6 Å². The number of benzene rings is 2. The van der Waals surface area contributed by atoms with Crippen LogP contribution in [-0.2, 0) is 26.5 Å². The summed E-state index contributed by atoms with van der Waals surface area (Å²) in [5.74, 6) is -0.284. The maximum absolute atomic E-state index is 12.6. The first kappa shape index (κ1) is 24.2. The van der Waals surface area contributed by atoms with Crippen LogP contribution in [0, 0.1) is 0 Å². The van der Waals surface area contributed by atoms with Gasteiger partial charge in [-0.2, -0.15) is 4.31 Å². The molecule has 0 unspecified atom stereocenters. The standard InChI is InChI=1S/C21H27N3O6S2/c1-22-31(26,27)20-15-17(7-10-19(20)30-2)21(25)23-12-11-16-5-8-18(9-6-16)32(28,29)24-13-3-4-14-24/h5-10,15,22H,3-4,11-14H2,1-2H3,(H,23,25). The number of carbonyl (C=O) groups excluding carboxylic acids is 1. The molecule has 0 aromatic heterocycles. The van der Waals surface area contributed by atoms with Gasteiger partial charge in [-0.25, -0.2) is 21.6 Å². The first-order valence-corrected chi connectivity index (χ1v) is 13.1. The molecule has 0 aliphatic carbocycles. The van der Waals surface area contributed by atoms with Crippen molar-refractivity contribution in [1.29, 1.82) is 0 Å². The zero-order chi connectivity index (χ0) is 23.4. The van der Waals surface area contributed by atoms with Crippen LogP contribution in [0.1, 0.15) is 28.8 Å². The van der Waals surface area contributed by atoms with Crippen molar-refractivity contribution in [3.05, 3.63) is 53.6 Å². The minimum atomic E-state index is -3.79. The van der Waals surface area contributed by atoms with Gasteiger partial charge in [-0.05, 0) is 62.2 Å². The Balaban J connectivity index is 1.62. The van der Waals surface area contributed by atoms with E-state index in [0.717, 1.165) is 18.4 Å². The fraction of sp³-hybridized carbons (Fsp3) is 0.381. The summed E-state index contributed by atoms with van der Waals surface area (Å²) in [6, 6.07) is 10.8. The fourth-order valence-electron chi connectivity index (χ4n) is 3.47. The normalized spacial score (nSPS) is 14.9. The van der Waals surface area contributed by atoms with E-state index in [9.17, 15) is 21.6 Å². The predicted molar refractivity (Wildman–Crippen MR) is 120 cm³/mol. The van der Waals surface area contributed by atoms with Crippen molar-refractivity contribution >= 4 is 26.0 Å². The van der Waals surface area contributed by atoms with Crippen LogP contribution < -0.4 is 14.8 Å². The van der Waals surface area contributed by atoms with Crippen LogP contribution in [-0.4, -0.2) is 60.8 Å². The van der Waals surface area contributed by atoms with Gasteiger partial charge in [-0.1, -0.05) is 12.1 Å². The number of methoxy groups -OCH3 is 1. The number of hydrogen-bond donors (Lipinski definition) is 2. The molecule has 1 aliphatic heterocycles. The van der Waals surface area contributed by atoms with E-state index in [0.29, 0.717) is 26.1 Å². The highest BCUT2D eigenvalue weighted by atomic mass is 32.2.